The van der Waals surface area contributed by atoms with E-state index in [0.717, 1.165) is 11.8 Å². The molecule has 27 heavy (non-hydrogen) atoms. The summed E-state index contributed by atoms with van der Waals surface area (Å²) in [6, 6.07) is 10.7. The van der Waals surface area contributed by atoms with Crippen LogP contribution in [0.4, 0.5) is 10.1 Å². The van der Waals surface area contributed by atoms with Crippen LogP contribution in [0.1, 0.15) is 0 Å². The zero-order valence-electron chi connectivity index (χ0n) is 14.6. The Kier molecular flexibility index (Phi) is 5.92. The number of aromatic nitrogens is 2. The molecule has 1 amide bonds. The Labute approximate surface area is 158 Å². The van der Waals surface area contributed by atoms with Crippen molar-refractivity contribution < 1.29 is 23.1 Å². The average molecular weight is 389 g/mol. The first kappa shape index (κ1) is 18.7. The van der Waals surface area contributed by atoms with Crippen LogP contribution in [-0.2, 0) is 4.79 Å². The van der Waals surface area contributed by atoms with Crippen LogP contribution in [0.15, 0.2) is 52.1 Å². The standard InChI is InChI=1S/C18H16FN3O4S/c1-24-14-8-3-11(9-15(14)25-2)17-21-22-18(26-17)27-10-16(23)20-13-6-4-12(19)5-7-13/h3-9H,10H2,1-2H3,(H,20,23). The fraction of sp³-hybridized carbons (Fsp3) is 0.167. The molecule has 2 aromatic carbocycles. The van der Waals surface area contributed by atoms with Gasteiger partial charge in [0.25, 0.3) is 5.22 Å². The zero-order chi connectivity index (χ0) is 19.2. The van der Waals surface area contributed by atoms with Gasteiger partial charge in [-0.15, -0.1) is 10.2 Å². The number of thioether (sulfide) groups is 1. The van der Waals surface area contributed by atoms with Gasteiger partial charge in [-0.1, -0.05) is 11.8 Å². The van der Waals surface area contributed by atoms with Crippen LogP contribution in [0.5, 0.6) is 11.5 Å². The Hall–Kier alpha value is -3.07. The number of methoxy groups -OCH3 is 2. The van der Waals surface area contributed by atoms with Gasteiger partial charge in [0.15, 0.2) is 11.5 Å². The summed E-state index contributed by atoms with van der Waals surface area (Å²) in [4.78, 5) is 12.0. The topological polar surface area (TPSA) is 86.5 Å². The molecule has 0 radical (unpaired) electrons. The summed E-state index contributed by atoms with van der Waals surface area (Å²) in [6.45, 7) is 0. The van der Waals surface area contributed by atoms with E-state index in [1.165, 1.54) is 31.4 Å². The molecular weight excluding hydrogens is 373 g/mol. The van der Waals surface area contributed by atoms with Crippen molar-refractivity contribution in [3.63, 3.8) is 0 Å². The number of hydrogen-bond donors (Lipinski definition) is 1. The number of carbonyl (C=O) groups excluding carboxylic acids is 1. The molecule has 3 rings (SSSR count). The fourth-order valence-electron chi connectivity index (χ4n) is 2.21. The lowest BCUT2D eigenvalue weighted by Gasteiger charge is -2.07. The normalized spacial score (nSPS) is 10.5. The molecule has 0 aliphatic rings. The molecular formula is C18H16FN3O4S. The molecule has 7 nitrogen and oxygen atoms in total. The van der Waals surface area contributed by atoms with E-state index in [2.05, 4.69) is 15.5 Å². The van der Waals surface area contributed by atoms with Crippen molar-refractivity contribution in [3.05, 3.63) is 48.3 Å². The van der Waals surface area contributed by atoms with Crippen molar-refractivity contribution in [1.29, 1.82) is 0 Å². The summed E-state index contributed by atoms with van der Waals surface area (Å²) < 4.78 is 28.9. The Morgan fingerprint density at radius 2 is 1.85 bits per heavy atom. The molecule has 0 aliphatic heterocycles. The molecule has 0 spiro atoms. The second kappa shape index (κ2) is 8.54. The molecule has 1 heterocycles. The van der Waals surface area contributed by atoms with E-state index in [1.54, 1.807) is 25.3 Å². The third-order valence-corrected chi connectivity index (χ3v) is 4.31. The van der Waals surface area contributed by atoms with Gasteiger partial charge >= 0.3 is 0 Å². The van der Waals surface area contributed by atoms with Crippen molar-refractivity contribution in [3.8, 4) is 23.0 Å². The second-order valence-corrected chi connectivity index (χ2v) is 6.21. The van der Waals surface area contributed by atoms with Crippen molar-refractivity contribution in [2.75, 3.05) is 25.3 Å². The number of hydrogen-bond acceptors (Lipinski definition) is 7. The van der Waals surface area contributed by atoms with E-state index in [9.17, 15) is 9.18 Å². The minimum atomic E-state index is -0.365. The highest BCUT2D eigenvalue weighted by Crippen LogP contribution is 2.32. The summed E-state index contributed by atoms with van der Waals surface area (Å²) in [6.07, 6.45) is 0. The van der Waals surface area contributed by atoms with Crippen molar-refractivity contribution >= 4 is 23.4 Å². The molecule has 0 fully saturated rings. The maximum atomic E-state index is 12.9. The average Bonchev–Trinajstić information content (AvgIpc) is 3.16. The van der Waals surface area contributed by atoms with Gasteiger partial charge in [0.2, 0.25) is 11.8 Å². The highest BCUT2D eigenvalue weighted by molar-refractivity contribution is 7.99. The molecule has 140 valence electrons. The van der Waals surface area contributed by atoms with Crippen molar-refractivity contribution in [2.45, 2.75) is 5.22 Å². The van der Waals surface area contributed by atoms with Gasteiger partial charge in [-0.05, 0) is 42.5 Å². The molecule has 1 N–H and O–H groups in total. The van der Waals surface area contributed by atoms with E-state index in [-0.39, 0.29) is 22.7 Å². The van der Waals surface area contributed by atoms with Gasteiger partial charge in [-0.25, -0.2) is 4.39 Å². The molecule has 1 aromatic heterocycles. The predicted octanol–water partition coefficient (Wildman–Crippen LogP) is 3.62. The van der Waals surface area contributed by atoms with Gasteiger partial charge < -0.3 is 19.2 Å². The van der Waals surface area contributed by atoms with Crippen LogP contribution >= 0.6 is 11.8 Å². The Balaban J connectivity index is 1.61. The van der Waals surface area contributed by atoms with Crippen molar-refractivity contribution in [2.24, 2.45) is 0 Å². The number of ether oxygens (including phenoxy) is 2. The molecule has 3 aromatic rings. The maximum absolute atomic E-state index is 12.9. The number of halogens is 1. The first-order chi connectivity index (χ1) is 13.1. The molecule has 9 heteroatoms. The highest BCUT2D eigenvalue weighted by atomic mass is 32.2. The highest BCUT2D eigenvalue weighted by Gasteiger charge is 2.14. The molecule has 0 atom stereocenters. The van der Waals surface area contributed by atoms with Crippen LogP contribution in [0.2, 0.25) is 0 Å². The second-order valence-electron chi connectivity index (χ2n) is 5.29. The largest absolute Gasteiger partial charge is 0.493 e. The van der Waals surface area contributed by atoms with E-state index in [1.807, 2.05) is 0 Å². The Bertz CT molecular complexity index is 931. The lowest BCUT2D eigenvalue weighted by atomic mass is 10.2. The zero-order valence-corrected chi connectivity index (χ0v) is 15.4. The number of rotatable bonds is 7. The van der Waals surface area contributed by atoms with E-state index >= 15 is 0 Å². The number of nitrogens with zero attached hydrogens (tertiary/aromatic N) is 2. The Morgan fingerprint density at radius 1 is 1.11 bits per heavy atom. The third kappa shape index (κ3) is 4.76. The van der Waals surface area contributed by atoms with Crippen LogP contribution in [0, 0.1) is 5.82 Å². The SMILES string of the molecule is COc1ccc(-c2nnc(SCC(=O)Nc3ccc(F)cc3)o2)cc1OC. The number of benzene rings is 2. The lowest BCUT2D eigenvalue weighted by Crippen LogP contribution is -2.13. The fourth-order valence-corrected chi connectivity index (χ4v) is 2.77. The summed E-state index contributed by atoms with van der Waals surface area (Å²) >= 11 is 1.10. The molecule has 0 saturated heterocycles. The first-order valence-corrected chi connectivity index (χ1v) is 8.81. The maximum Gasteiger partial charge on any atom is 0.277 e. The monoisotopic (exact) mass is 389 g/mol. The van der Waals surface area contributed by atoms with Gasteiger partial charge in [-0.2, -0.15) is 0 Å². The predicted molar refractivity (Wildman–Crippen MR) is 98.6 cm³/mol. The van der Waals surface area contributed by atoms with Crippen LogP contribution in [0.25, 0.3) is 11.5 Å². The molecule has 0 aliphatic carbocycles. The summed E-state index contributed by atoms with van der Waals surface area (Å²) in [5.41, 5.74) is 1.18. The summed E-state index contributed by atoms with van der Waals surface area (Å²) in [7, 11) is 3.09. The molecule has 0 unspecified atom stereocenters. The minimum absolute atomic E-state index is 0.0743. The van der Waals surface area contributed by atoms with Gasteiger partial charge in [0.1, 0.15) is 5.82 Å². The summed E-state index contributed by atoms with van der Waals surface area (Å²) in [5, 5.41) is 10.8. The van der Waals surface area contributed by atoms with E-state index < -0.39 is 0 Å². The van der Waals surface area contributed by atoms with Crippen LogP contribution < -0.4 is 14.8 Å². The minimum Gasteiger partial charge on any atom is -0.493 e. The lowest BCUT2D eigenvalue weighted by molar-refractivity contribution is -0.113. The van der Waals surface area contributed by atoms with E-state index in [4.69, 9.17) is 13.9 Å². The third-order valence-electron chi connectivity index (χ3n) is 3.49. The van der Waals surface area contributed by atoms with Gasteiger partial charge in [0.05, 0.1) is 20.0 Å². The smallest absolute Gasteiger partial charge is 0.277 e. The van der Waals surface area contributed by atoms with Crippen molar-refractivity contribution in [1.82, 2.24) is 10.2 Å². The summed E-state index contributed by atoms with van der Waals surface area (Å²) in [5.74, 6) is 0.880. The van der Waals surface area contributed by atoms with Crippen LogP contribution in [-0.4, -0.2) is 36.1 Å². The van der Waals surface area contributed by atoms with Crippen LogP contribution in [0.3, 0.4) is 0 Å². The number of nitrogens with one attached hydrogen (secondary N) is 1. The Morgan fingerprint density at radius 3 is 2.56 bits per heavy atom. The van der Waals surface area contributed by atoms with Gasteiger partial charge in [-0.3, -0.25) is 4.79 Å². The number of anilines is 1. The quantitative estimate of drug-likeness (QED) is 0.618. The number of amides is 1. The van der Waals surface area contributed by atoms with Gasteiger partial charge in [0, 0.05) is 11.3 Å². The number of carbonyl (C=O) groups is 1. The molecule has 0 saturated carbocycles. The van der Waals surface area contributed by atoms with E-state index in [0.29, 0.717) is 28.6 Å². The first-order valence-electron chi connectivity index (χ1n) is 7.83. The molecule has 0 bridgehead atoms.